The Hall–Kier alpha value is -0.540. The third-order valence-electron chi connectivity index (χ3n) is 3.63. The van der Waals surface area contributed by atoms with Crippen LogP contribution in [0.1, 0.15) is 52.1 Å². The minimum absolute atomic E-state index is 0.404. The Kier molecular flexibility index (Phi) is 7.60. The van der Waals surface area contributed by atoms with E-state index in [0.29, 0.717) is 6.04 Å². The summed E-state index contributed by atoms with van der Waals surface area (Å²) in [4.78, 5) is 2.33. The Morgan fingerprint density at radius 3 is 2.50 bits per heavy atom. The van der Waals surface area contributed by atoms with Crippen molar-refractivity contribution < 1.29 is 0 Å². The first-order valence-electron chi connectivity index (χ1n) is 7.69. The average molecular weight is 341 g/mol. The Bertz CT molecular complexity index is 404. The summed E-state index contributed by atoms with van der Waals surface area (Å²) in [5, 5.41) is 3.53. The summed E-state index contributed by atoms with van der Waals surface area (Å²) in [6, 6.07) is 7.11. The van der Waals surface area contributed by atoms with Crippen LogP contribution in [0.4, 0.5) is 5.69 Å². The molecule has 0 bridgehead atoms. The van der Waals surface area contributed by atoms with Gasteiger partial charge in [0.25, 0.3) is 0 Å². The topological polar surface area (TPSA) is 15.3 Å². The fourth-order valence-corrected chi connectivity index (χ4v) is 2.85. The van der Waals surface area contributed by atoms with Crippen molar-refractivity contribution in [3.8, 4) is 0 Å². The van der Waals surface area contributed by atoms with Crippen LogP contribution in [-0.4, -0.2) is 20.1 Å². The molecule has 0 fully saturated rings. The van der Waals surface area contributed by atoms with E-state index in [4.69, 9.17) is 0 Å². The maximum absolute atomic E-state index is 3.72. The van der Waals surface area contributed by atoms with Crippen molar-refractivity contribution in [1.82, 2.24) is 5.32 Å². The van der Waals surface area contributed by atoms with Crippen molar-refractivity contribution in [2.24, 2.45) is 5.92 Å². The van der Waals surface area contributed by atoms with Gasteiger partial charge in [-0.3, -0.25) is 0 Å². The van der Waals surface area contributed by atoms with E-state index >= 15 is 0 Å². The number of halogens is 1. The standard InChI is InChI=1S/C17H29BrN2/c1-6-10-19-14(4)15-7-8-17(16(18)12-15)20(5)11-9-13(2)3/h7-8,12-14,19H,6,9-11H2,1-5H3. The van der Waals surface area contributed by atoms with Crippen molar-refractivity contribution in [3.63, 3.8) is 0 Å². The van der Waals surface area contributed by atoms with E-state index in [9.17, 15) is 0 Å². The van der Waals surface area contributed by atoms with Gasteiger partial charge in [-0.1, -0.05) is 26.8 Å². The van der Waals surface area contributed by atoms with Crippen LogP contribution in [0.5, 0.6) is 0 Å². The van der Waals surface area contributed by atoms with Crippen LogP contribution < -0.4 is 10.2 Å². The van der Waals surface area contributed by atoms with Crippen molar-refractivity contribution >= 4 is 21.6 Å². The summed E-state index contributed by atoms with van der Waals surface area (Å²) in [5.41, 5.74) is 2.61. The van der Waals surface area contributed by atoms with Gasteiger partial charge in [-0.15, -0.1) is 0 Å². The molecule has 1 aromatic carbocycles. The van der Waals surface area contributed by atoms with Crippen molar-refractivity contribution in [1.29, 1.82) is 0 Å². The molecule has 20 heavy (non-hydrogen) atoms. The molecule has 0 heterocycles. The van der Waals surface area contributed by atoms with E-state index in [0.717, 1.165) is 19.0 Å². The van der Waals surface area contributed by atoms with E-state index in [1.54, 1.807) is 0 Å². The highest BCUT2D eigenvalue weighted by molar-refractivity contribution is 9.10. The fraction of sp³-hybridized carbons (Fsp3) is 0.647. The molecule has 0 aliphatic heterocycles. The Morgan fingerprint density at radius 1 is 1.25 bits per heavy atom. The molecule has 1 N–H and O–H groups in total. The van der Waals surface area contributed by atoms with Crippen molar-refractivity contribution in [3.05, 3.63) is 28.2 Å². The molecule has 0 aliphatic carbocycles. The molecule has 2 nitrogen and oxygen atoms in total. The molecule has 0 spiro atoms. The van der Waals surface area contributed by atoms with Crippen LogP contribution in [-0.2, 0) is 0 Å². The minimum Gasteiger partial charge on any atom is -0.374 e. The van der Waals surface area contributed by atoms with E-state index in [1.807, 2.05) is 0 Å². The molecule has 114 valence electrons. The van der Waals surface area contributed by atoms with Crippen LogP contribution in [0.2, 0.25) is 0 Å². The maximum atomic E-state index is 3.72. The fourth-order valence-electron chi connectivity index (χ4n) is 2.15. The molecule has 1 unspecified atom stereocenters. The third kappa shape index (κ3) is 5.45. The maximum Gasteiger partial charge on any atom is 0.0508 e. The first-order valence-corrected chi connectivity index (χ1v) is 8.49. The molecule has 0 saturated carbocycles. The lowest BCUT2D eigenvalue weighted by Crippen LogP contribution is -2.21. The summed E-state index contributed by atoms with van der Waals surface area (Å²) in [7, 11) is 2.17. The molecule has 0 aromatic heterocycles. The molecule has 0 saturated heterocycles. The SMILES string of the molecule is CCCNC(C)c1ccc(N(C)CCC(C)C)c(Br)c1. The number of hydrogen-bond donors (Lipinski definition) is 1. The van der Waals surface area contributed by atoms with Gasteiger partial charge >= 0.3 is 0 Å². The van der Waals surface area contributed by atoms with Crippen molar-refractivity contribution in [2.45, 2.75) is 46.6 Å². The number of hydrogen-bond acceptors (Lipinski definition) is 2. The number of nitrogens with one attached hydrogen (secondary N) is 1. The Labute approximate surface area is 133 Å². The van der Waals surface area contributed by atoms with E-state index in [1.165, 1.54) is 28.6 Å². The highest BCUT2D eigenvalue weighted by Gasteiger charge is 2.10. The van der Waals surface area contributed by atoms with Crippen LogP contribution in [0.3, 0.4) is 0 Å². The zero-order valence-corrected chi connectivity index (χ0v) is 15.1. The number of anilines is 1. The van der Waals surface area contributed by atoms with Crippen LogP contribution in [0.15, 0.2) is 22.7 Å². The smallest absolute Gasteiger partial charge is 0.0508 e. The predicted molar refractivity (Wildman–Crippen MR) is 93.6 cm³/mol. The molecular weight excluding hydrogens is 312 g/mol. The summed E-state index contributed by atoms with van der Waals surface area (Å²) >= 11 is 3.72. The summed E-state index contributed by atoms with van der Waals surface area (Å²) in [6.45, 7) is 11.1. The zero-order valence-electron chi connectivity index (χ0n) is 13.5. The second kappa shape index (κ2) is 8.68. The van der Waals surface area contributed by atoms with Gasteiger partial charge in [0.2, 0.25) is 0 Å². The van der Waals surface area contributed by atoms with Gasteiger partial charge in [-0.2, -0.15) is 0 Å². The van der Waals surface area contributed by atoms with E-state index < -0.39 is 0 Å². The van der Waals surface area contributed by atoms with Crippen LogP contribution in [0, 0.1) is 5.92 Å². The van der Waals surface area contributed by atoms with E-state index in [-0.39, 0.29) is 0 Å². The average Bonchev–Trinajstić information content (AvgIpc) is 2.41. The highest BCUT2D eigenvalue weighted by Crippen LogP contribution is 2.29. The number of nitrogens with zero attached hydrogens (tertiary/aromatic N) is 1. The minimum atomic E-state index is 0.404. The van der Waals surface area contributed by atoms with Crippen molar-refractivity contribution in [2.75, 3.05) is 25.0 Å². The lowest BCUT2D eigenvalue weighted by Gasteiger charge is -2.23. The third-order valence-corrected chi connectivity index (χ3v) is 4.26. The van der Waals surface area contributed by atoms with Gasteiger partial charge in [0.05, 0.1) is 5.69 Å². The summed E-state index contributed by atoms with van der Waals surface area (Å²) in [5.74, 6) is 0.744. The zero-order chi connectivity index (χ0) is 15.1. The Morgan fingerprint density at radius 2 is 1.95 bits per heavy atom. The second-order valence-electron chi connectivity index (χ2n) is 5.99. The van der Waals surface area contributed by atoms with E-state index in [2.05, 4.69) is 79.1 Å². The summed E-state index contributed by atoms with van der Waals surface area (Å²) < 4.78 is 1.19. The lowest BCUT2D eigenvalue weighted by atomic mass is 10.1. The van der Waals surface area contributed by atoms with Gasteiger partial charge in [0.15, 0.2) is 0 Å². The van der Waals surface area contributed by atoms with Gasteiger partial charge in [-0.25, -0.2) is 0 Å². The highest BCUT2D eigenvalue weighted by atomic mass is 79.9. The first kappa shape index (κ1) is 17.5. The van der Waals surface area contributed by atoms with Gasteiger partial charge < -0.3 is 10.2 Å². The molecule has 0 amide bonds. The van der Waals surface area contributed by atoms with Gasteiger partial charge in [-0.05, 0) is 65.9 Å². The number of benzene rings is 1. The molecule has 0 aliphatic rings. The van der Waals surface area contributed by atoms with Gasteiger partial charge in [0.1, 0.15) is 0 Å². The molecular formula is C17H29BrN2. The first-order chi connectivity index (χ1) is 9.45. The normalized spacial score (nSPS) is 12.8. The monoisotopic (exact) mass is 340 g/mol. The summed E-state index contributed by atoms with van der Waals surface area (Å²) in [6.07, 6.45) is 2.39. The van der Waals surface area contributed by atoms with Crippen LogP contribution >= 0.6 is 15.9 Å². The molecule has 3 heteroatoms. The van der Waals surface area contributed by atoms with Gasteiger partial charge in [0, 0.05) is 24.1 Å². The Balaban J connectivity index is 2.72. The largest absolute Gasteiger partial charge is 0.374 e. The molecule has 1 rings (SSSR count). The van der Waals surface area contributed by atoms with Crippen LogP contribution in [0.25, 0.3) is 0 Å². The molecule has 1 aromatic rings. The molecule has 0 radical (unpaired) electrons. The molecule has 1 atom stereocenters. The second-order valence-corrected chi connectivity index (χ2v) is 6.85. The quantitative estimate of drug-likeness (QED) is 0.716. The predicted octanol–water partition coefficient (Wildman–Crippen LogP) is 4.99. The number of rotatable bonds is 8. The lowest BCUT2D eigenvalue weighted by molar-refractivity contribution is 0.570.